The molecule has 0 aliphatic carbocycles. The molecule has 0 fully saturated rings. The minimum atomic E-state index is 0.377. The van der Waals surface area contributed by atoms with Crippen LogP contribution in [0, 0.1) is 6.92 Å². The van der Waals surface area contributed by atoms with E-state index in [0.717, 1.165) is 28.7 Å². The summed E-state index contributed by atoms with van der Waals surface area (Å²) in [6, 6.07) is 3.91. The first kappa shape index (κ1) is 13.7. The molecular formula is C13H18N4OS. The number of ether oxygens (including phenoxy) is 1. The normalized spacial score (nSPS) is 10.5. The molecule has 0 unspecified atom stereocenters. The summed E-state index contributed by atoms with van der Waals surface area (Å²) < 4.78 is 10.0. The summed E-state index contributed by atoms with van der Waals surface area (Å²) in [6.45, 7) is 4.43. The average molecular weight is 278 g/mol. The minimum Gasteiger partial charge on any atom is -0.484 e. The molecule has 0 saturated carbocycles. The molecule has 0 N–H and O–H groups in total. The summed E-state index contributed by atoms with van der Waals surface area (Å²) in [5.41, 5.74) is 1.98. The number of anilines is 1. The lowest BCUT2D eigenvalue weighted by atomic mass is 10.2. The van der Waals surface area contributed by atoms with Crippen molar-refractivity contribution in [1.82, 2.24) is 14.3 Å². The van der Waals surface area contributed by atoms with Gasteiger partial charge in [0.2, 0.25) is 5.13 Å². The fourth-order valence-corrected chi connectivity index (χ4v) is 2.20. The van der Waals surface area contributed by atoms with Crippen molar-refractivity contribution in [3.8, 4) is 5.75 Å². The third-order valence-electron chi connectivity index (χ3n) is 2.60. The molecule has 2 heterocycles. The van der Waals surface area contributed by atoms with Gasteiger partial charge in [-0.1, -0.05) is 6.92 Å². The summed E-state index contributed by atoms with van der Waals surface area (Å²) >= 11 is 1.37. The van der Waals surface area contributed by atoms with Gasteiger partial charge in [0.05, 0.1) is 5.69 Å². The first-order chi connectivity index (χ1) is 9.10. The molecule has 5 nitrogen and oxygen atoms in total. The lowest BCUT2D eigenvalue weighted by molar-refractivity contribution is 0.293. The molecule has 0 amide bonds. The Morgan fingerprint density at radius 3 is 2.68 bits per heavy atom. The average Bonchev–Trinajstić information content (AvgIpc) is 2.86. The van der Waals surface area contributed by atoms with E-state index in [1.807, 2.05) is 38.1 Å². The van der Waals surface area contributed by atoms with Crippen LogP contribution in [0.5, 0.6) is 5.75 Å². The van der Waals surface area contributed by atoms with Crippen LogP contribution in [-0.2, 0) is 13.0 Å². The molecule has 0 radical (unpaired) electrons. The van der Waals surface area contributed by atoms with Gasteiger partial charge in [-0.25, -0.2) is 0 Å². The molecule has 0 saturated heterocycles. The largest absolute Gasteiger partial charge is 0.484 e. The van der Waals surface area contributed by atoms with E-state index >= 15 is 0 Å². The van der Waals surface area contributed by atoms with Gasteiger partial charge in [-0.2, -0.15) is 9.36 Å². The zero-order valence-electron chi connectivity index (χ0n) is 11.7. The third-order valence-corrected chi connectivity index (χ3v) is 3.53. The minimum absolute atomic E-state index is 0.377. The highest BCUT2D eigenvalue weighted by Crippen LogP contribution is 2.20. The van der Waals surface area contributed by atoms with E-state index in [-0.39, 0.29) is 0 Å². The van der Waals surface area contributed by atoms with Crippen LogP contribution in [-0.4, -0.2) is 28.4 Å². The highest BCUT2D eigenvalue weighted by atomic mass is 32.1. The topological polar surface area (TPSA) is 51.1 Å². The van der Waals surface area contributed by atoms with Crippen molar-refractivity contribution in [2.75, 3.05) is 19.0 Å². The van der Waals surface area contributed by atoms with E-state index in [9.17, 15) is 0 Å². The maximum Gasteiger partial charge on any atom is 0.204 e. The molecule has 0 bridgehead atoms. The van der Waals surface area contributed by atoms with Crippen LogP contribution < -0.4 is 9.64 Å². The Bertz CT molecular complexity index is 553. The van der Waals surface area contributed by atoms with Crippen LogP contribution >= 0.6 is 11.5 Å². The first-order valence-electron chi connectivity index (χ1n) is 6.19. The maximum absolute atomic E-state index is 5.76. The Kier molecular flexibility index (Phi) is 4.31. The predicted octanol–water partition coefficient (Wildman–Crippen LogP) is 2.45. The van der Waals surface area contributed by atoms with Crippen molar-refractivity contribution >= 4 is 16.7 Å². The Hall–Kier alpha value is -1.69. The summed E-state index contributed by atoms with van der Waals surface area (Å²) in [5.74, 6) is 1.52. The third kappa shape index (κ3) is 3.41. The van der Waals surface area contributed by atoms with Gasteiger partial charge in [0, 0.05) is 31.3 Å². The van der Waals surface area contributed by atoms with E-state index in [1.54, 1.807) is 0 Å². The monoisotopic (exact) mass is 278 g/mol. The van der Waals surface area contributed by atoms with Crippen LogP contribution in [0.15, 0.2) is 12.1 Å². The van der Waals surface area contributed by atoms with Gasteiger partial charge in [-0.05, 0) is 25.5 Å². The molecule has 2 rings (SSSR count). The van der Waals surface area contributed by atoms with Crippen molar-refractivity contribution in [3.05, 3.63) is 29.3 Å². The van der Waals surface area contributed by atoms with E-state index in [1.165, 1.54) is 11.5 Å². The molecule has 0 aliphatic rings. The Labute approximate surface area is 117 Å². The highest BCUT2D eigenvalue weighted by molar-refractivity contribution is 7.09. The smallest absolute Gasteiger partial charge is 0.204 e. The van der Waals surface area contributed by atoms with Crippen LogP contribution in [0.2, 0.25) is 0 Å². The van der Waals surface area contributed by atoms with E-state index in [0.29, 0.717) is 12.4 Å². The van der Waals surface area contributed by atoms with Gasteiger partial charge in [-0.3, -0.25) is 4.98 Å². The van der Waals surface area contributed by atoms with Crippen LogP contribution in [0.25, 0.3) is 0 Å². The second kappa shape index (κ2) is 5.97. The fourth-order valence-electron chi connectivity index (χ4n) is 1.61. The molecule has 2 aromatic rings. The SMILES string of the molecule is CCc1nc(C)ccc1OCc1nsc(N(C)C)n1. The first-order valence-corrected chi connectivity index (χ1v) is 6.96. The molecule has 19 heavy (non-hydrogen) atoms. The van der Waals surface area contributed by atoms with Crippen molar-refractivity contribution in [3.63, 3.8) is 0 Å². The second-order valence-corrected chi connectivity index (χ2v) is 5.16. The maximum atomic E-state index is 5.76. The van der Waals surface area contributed by atoms with Gasteiger partial charge in [0.15, 0.2) is 5.82 Å². The number of hydrogen-bond acceptors (Lipinski definition) is 6. The van der Waals surface area contributed by atoms with Crippen molar-refractivity contribution in [2.24, 2.45) is 0 Å². The van der Waals surface area contributed by atoms with Crippen molar-refractivity contribution in [1.29, 1.82) is 0 Å². The van der Waals surface area contributed by atoms with Gasteiger partial charge in [-0.15, -0.1) is 0 Å². The highest BCUT2D eigenvalue weighted by Gasteiger charge is 2.08. The quantitative estimate of drug-likeness (QED) is 0.841. The zero-order valence-corrected chi connectivity index (χ0v) is 12.5. The summed E-state index contributed by atoms with van der Waals surface area (Å²) in [4.78, 5) is 10.8. The Morgan fingerprint density at radius 2 is 2.05 bits per heavy atom. The molecule has 0 aliphatic heterocycles. The lowest BCUT2D eigenvalue weighted by Crippen LogP contribution is -2.08. The lowest BCUT2D eigenvalue weighted by Gasteiger charge is -2.09. The Balaban J connectivity index is 2.05. The van der Waals surface area contributed by atoms with Gasteiger partial charge in [0.1, 0.15) is 12.4 Å². The van der Waals surface area contributed by atoms with Gasteiger partial charge < -0.3 is 9.64 Å². The second-order valence-electron chi connectivity index (χ2n) is 4.43. The number of hydrogen-bond donors (Lipinski definition) is 0. The number of aryl methyl sites for hydroxylation is 2. The van der Waals surface area contributed by atoms with Crippen molar-refractivity contribution < 1.29 is 4.74 Å². The zero-order chi connectivity index (χ0) is 13.8. The molecular weight excluding hydrogens is 260 g/mol. The number of pyridine rings is 1. The van der Waals surface area contributed by atoms with E-state index in [4.69, 9.17) is 4.74 Å². The van der Waals surface area contributed by atoms with Crippen LogP contribution in [0.4, 0.5) is 5.13 Å². The van der Waals surface area contributed by atoms with E-state index in [2.05, 4.69) is 21.3 Å². The van der Waals surface area contributed by atoms with Crippen LogP contribution in [0.3, 0.4) is 0 Å². The predicted molar refractivity (Wildman–Crippen MR) is 76.9 cm³/mol. The van der Waals surface area contributed by atoms with E-state index < -0.39 is 0 Å². The molecule has 6 heteroatoms. The Morgan fingerprint density at radius 1 is 1.26 bits per heavy atom. The molecule has 0 aromatic carbocycles. The number of nitrogens with zero attached hydrogens (tertiary/aromatic N) is 4. The summed E-state index contributed by atoms with van der Waals surface area (Å²) in [5, 5.41) is 0.886. The van der Waals surface area contributed by atoms with Crippen molar-refractivity contribution in [2.45, 2.75) is 26.9 Å². The standard InChI is InChI=1S/C13H18N4OS/c1-5-10-11(7-6-9(2)14-10)18-8-12-15-13(17(3)4)19-16-12/h6-7H,5,8H2,1-4H3. The van der Waals surface area contributed by atoms with Crippen LogP contribution in [0.1, 0.15) is 24.1 Å². The van der Waals surface area contributed by atoms with Gasteiger partial charge in [0.25, 0.3) is 0 Å². The molecule has 0 atom stereocenters. The molecule has 2 aromatic heterocycles. The number of rotatable bonds is 5. The number of aromatic nitrogens is 3. The summed E-state index contributed by atoms with van der Waals surface area (Å²) in [6.07, 6.45) is 0.852. The summed E-state index contributed by atoms with van der Waals surface area (Å²) in [7, 11) is 3.90. The molecule has 102 valence electrons. The molecule has 0 spiro atoms. The van der Waals surface area contributed by atoms with Gasteiger partial charge >= 0.3 is 0 Å². The fraction of sp³-hybridized carbons (Fsp3) is 0.462.